The van der Waals surface area contributed by atoms with Gasteiger partial charge in [-0.05, 0) is 48.2 Å². The summed E-state index contributed by atoms with van der Waals surface area (Å²) in [6.07, 6.45) is 4.10. The number of hydrogen-bond donors (Lipinski definition) is 1. The fourth-order valence-corrected chi connectivity index (χ4v) is 7.36. The number of amides is 2. The monoisotopic (exact) mass is 655 g/mol. The predicted octanol–water partition coefficient (Wildman–Crippen LogP) is 5.60. The van der Waals surface area contributed by atoms with Crippen LogP contribution in [0.4, 0.5) is 5.69 Å². The van der Waals surface area contributed by atoms with Gasteiger partial charge in [0.05, 0.1) is 24.8 Å². The van der Waals surface area contributed by atoms with Crippen molar-refractivity contribution in [2.45, 2.75) is 55.6 Å². The lowest BCUT2D eigenvalue weighted by Gasteiger charge is -2.34. The third-order valence-electron chi connectivity index (χ3n) is 8.43. The van der Waals surface area contributed by atoms with Gasteiger partial charge >= 0.3 is 0 Å². The molecule has 0 unspecified atom stereocenters. The third-order valence-corrected chi connectivity index (χ3v) is 10.2. The topological polar surface area (TPSA) is 105 Å². The normalized spacial score (nSPS) is 13.8. The van der Waals surface area contributed by atoms with Crippen LogP contribution in [-0.2, 0) is 32.6 Å². The molecule has 2 amide bonds. The molecule has 9 nitrogen and oxygen atoms in total. The van der Waals surface area contributed by atoms with Crippen LogP contribution in [0.5, 0.6) is 11.5 Å². The molecule has 246 valence electrons. The van der Waals surface area contributed by atoms with Crippen LogP contribution in [0.25, 0.3) is 0 Å². The Morgan fingerprint density at radius 1 is 0.809 bits per heavy atom. The molecule has 0 saturated heterocycles. The summed E-state index contributed by atoms with van der Waals surface area (Å²) in [6, 6.07) is 30.8. The number of anilines is 1. The molecule has 1 aliphatic carbocycles. The quantitative estimate of drug-likeness (QED) is 0.190. The smallest absolute Gasteiger partial charge is 0.264 e. The number of carbonyl (C=O) groups excluding carboxylic acids is 2. The minimum atomic E-state index is -4.29. The molecule has 0 aliphatic heterocycles. The van der Waals surface area contributed by atoms with E-state index in [0.29, 0.717) is 5.75 Å². The van der Waals surface area contributed by atoms with Crippen molar-refractivity contribution < 1.29 is 27.5 Å². The van der Waals surface area contributed by atoms with Crippen molar-refractivity contribution in [2.24, 2.45) is 0 Å². The first-order valence-corrected chi connectivity index (χ1v) is 17.2. The van der Waals surface area contributed by atoms with Crippen LogP contribution in [0, 0.1) is 0 Å². The second-order valence-electron chi connectivity index (χ2n) is 11.6. The first-order valence-electron chi connectivity index (χ1n) is 15.8. The molecule has 1 atom stereocenters. The summed E-state index contributed by atoms with van der Waals surface area (Å²) in [5.41, 5.74) is 1.83. The Morgan fingerprint density at radius 3 is 2.00 bits per heavy atom. The Labute approximate surface area is 277 Å². The van der Waals surface area contributed by atoms with Gasteiger partial charge in [-0.2, -0.15) is 0 Å². The van der Waals surface area contributed by atoms with Gasteiger partial charge in [0.1, 0.15) is 24.1 Å². The number of benzene rings is 4. The van der Waals surface area contributed by atoms with Gasteiger partial charge in [0, 0.05) is 25.1 Å². The molecule has 4 aromatic rings. The maximum absolute atomic E-state index is 14.7. The van der Waals surface area contributed by atoms with E-state index in [-0.39, 0.29) is 41.2 Å². The fourth-order valence-electron chi connectivity index (χ4n) is 5.93. The molecule has 0 heterocycles. The predicted molar refractivity (Wildman–Crippen MR) is 182 cm³/mol. The Balaban J connectivity index is 1.60. The number of sulfonamides is 1. The van der Waals surface area contributed by atoms with E-state index in [4.69, 9.17) is 9.47 Å². The Kier molecular flexibility index (Phi) is 11.2. The van der Waals surface area contributed by atoms with Gasteiger partial charge in [-0.1, -0.05) is 91.7 Å². The maximum atomic E-state index is 14.7. The van der Waals surface area contributed by atoms with Gasteiger partial charge in [-0.15, -0.1) is 0 Å². The number of ether oxygens (including phenoxy) is 2. The van der Waals surface area contributed by atoms with E-state index < -0.39 is 28.5 Å². The van der Waals surface area contributed by atoms with E-state index in [1.807, 2.05) is 60.7 Å². The van der Waals surface area contributed by atoms with Crippen molar-refractivity contribution in [2.75, 3.05) is 25.1 Å². The minimum Gasteiger partial charge on any atom is -0.497 e. The highest BCUT2D eigenvalue weighted by molar-refractivity contribution is 7.92. The summed E-state index contributed by atoms with van der Waals surface area (Å²) in [5, 5.41) is 3.19. The van der Waals surface area contributed by atoms with E-state index >= 15 is 0 Å². The molecule has 1 saturated carbocycles. The highest BCUT2D eigenvalue weighted by atomic mass is 32.2. The van der Waals surface area contributed by atoms with Gasteiger partial charge < -0.3 is 19.7 Å². The van der Waals surface area contributed by atoms with Crippen LogP contribution in [-0.4, -0.2) is 58.0 Å². The molecule has 1 N–H and O–H groups in total. The number of carbonyl (C=O) groups is 2. The second kappa shape index (κ2) is 15.6. The molecule has 0 radical (unpaired) electrons. The third kappa shape index (κ3) is 8.31. The van der Waals surface area contributed by atoms with Crippen molar-refractivity contribution in [3.63, 3.8) is 0 Å². The van der Waals surface area contributed by atoms with Crippen LogP contribution >= 0.6 is 0 Å². The van der Waals surface area contributed by atoms with Gasteiger partial charge in [0.2, 0.25) is 11.8 Å². The maximum Gasteiger partial charge on any atom is 0.264 e. The van der Waals surface area contributed by atoms with Crippen molar-refractivity contribution in [3.05, 3.63) is 120 Å². The number of nitrogens with one attached hydrogen (secondary N) is 1. The lowest BCUT2D eigenvalue weighted by molar-refractivity contribution is -0.140. The van der Waals surface area contributed by atoms with Crippen molar-refractivity contribution >= 4 is 27.5 Å². The fraction of sp³-hybridized carbons (Fsp3) is 0.297. The molecule has 0 spiro atoms. The summed E-state index contributed by atoms with van der Waals surface area (Å²) >= 11 is 0. The summed E-state index contributed by atoms with van der Waals surface area (Å²) in [5.74, 6) is -0.171. The average molecular weight is 656 g/mol. The lowest BCUT2D eigenvalue weighted by Crippen LogP contribution is -2.54. The Bertz CT molecular complexity index is 1730. The first-order chi connectivity index (χ1) is 22.8. The van der Waals surface area contributed by atoms with E-state index in [0.717, 1.165) is 41.1 Å². The zero-order valence-electron chi connectivity index (χ0n) is 26.7. The Morgan fingerprint density at radius 2 is 1.40 bits per heavy atom. The van der Waals surface area contributed by atoms with E-state index in [1.165, 1.54) is 37.3 Å². The summed E-state index contributed by atoms with van der Waals surface area (Å²) in [7, 11) is -1.37. The zero-order valence-corrected chi connectivity index (χ0v) is 27.6. The van der Waals surface area contributed by atoms with Crippen molar-refractivity contribution in [3.8, 4) is 11.5 Å². The first kappa shape index (κ1) is 33.5. The molecule has 0 aromatic heterocycles. The standard InChI is InChI=1S/C37H41N3O6S/c1-45-31-22-23-35(46-2)33(25-31)40(47(43,44)32-20-10-5-11-21-32)27-36(41)39(26-29-16-8-4-9-17-29)34(24-28-14-6-3-7-15-28)37(42)38-30-18-12-13-19-30/h3-11,14-17,20-23,25,30,34H,12-13,18-19,24,26-27H2,1-2H3,(H,38,42)/t34-/m1/s1. The minimum absolute atomic E-state index is 0.00657. The summed E-state index contributed by atoms with van der Waals surface area (Å²) in [6.45, 7) is -0.487. The van der Waals surface area contributed by atoms with Crippen molar-refractivity contribution in [1.29, 1.82) is 0 Å². The highest BCUT2D eigenvalue weighted by Gasteiger charge is 2.36. The molecule has 47 heavy (non-hydrogen) atoms. The molecule has 0 bridgehead atoms. The van der Waals surface area contributed by atoms with Crippen LogP contribution < -0.4 is 19.1 Å². The molecular formula is C37H41N3O6S. The van der Waals surface area contributed by atoms with E-state index in [2.05, 4.69) is 5.32 Å². The number of nitrogens with zero attached hydrogens (tertiary/aromatic N) is 2. The molecule has 1 aliphatic rings. The van der Waals surface area contributed by atoms with Gasteiger partial charge in [0.15, 0.2) is 0 Å². The highest BCUT2D eigenvalue weighted by Crippen LogP contribution is 2.36. The van der Waals surface area contributed by atoms with Gasteiger partial charge in [-0.3, -0.25) is 13.9 Å². The van der Waals surface area contributed by atoms with Crippen LogP contribution in [0.15, 0.2) is 114 Å². The van der Waals surface area contributed by atoms with Gasteiger partial charge in [0.25, 0.3) is 10.0 Å². The molecule has 1 fully saturated rings. The molecule has 5 rings (SSSR count). The van der Waals surface area contributed by atoms with Crippen molar-refractivity contribution in [1.82, 2.24) is 10.2 Å². The number of rotatable bonds is 14. The summed E-state index contributed by atoms with van der Waals surface area (Å²) < 4.78 is 40.7. The molecular weight excluding hydrogens is 614 g/mol. The lowest BCUT2D eigenvalue weighted by atomic mass is 10.0. The second-order valence-corrected chi connectivity index (χ2v) is 13.4. The largest absolute Gasteiger partial charge is 0.497 e. The molecule has 10 heteroatoms. The van der Waals surface area contributed by atoms with E-state index in [9.17, 15) is 18.0 Å². The number of hydrogen-bond acceptors (Lipinski definition) is 6. The van der Waals surface area contributed by atoms with Crippen LogP contribution in [0.3, 0.4) is 0 Å². The van der Waals surface area contributed by atoms with Gasteiger partial charge in [-0.25, -0.2) is 8.42 Å². The number of methoxy groups -OCH3 is 2. The SMILES string of the molecule is COc1ccc(OC)c(N(CC(=O)N(Cc2ccccc2)[C@H](Cc2ccccc2)C(=O)NC2CCCC2)S(=O)(=O)c2ccccc2)c1. The molecule has 4 aromatic carbocycles. The summed E-state index contributed by atoms with van der Waals surface area (Å²) in [4.78, 5) is 30.3. The zero-order chi connectivity index (χ0) is 33.2. The average Bonchev–Trinajstić information content (AvgIpc) is 3.62. The van der Waals surface area contributed by atoms with Crippen LogP contribution in [0.2, 0.25) is 0 Å². The Hall–Kier alpha value is -4.83. The van der Waals surface area contributed by atoms with E-state index in [1.54, 1.807) is 30.3 Å². The van der Waals surface area contributed by atoms with Crippen LogP contribution in [0.1, 0.15) is 36.8 Å².